The number of ether oxygens (including phenoxy) is 1. The third-order valence-electron chi connectivity index (χ3n) is 3.76. The van der Waals surface area contributed by atoms with Gasteiger partial charge in [-0.3, -0.25) is 0 Å². The molecule has 98 valence electrons. The highest BCUT2D eigenvalue weighted by atomic mass is 32.2. The van der Waals surface area contributed by atoms with E-state index in [0.29, 0.717) is 0 Å². The van der Waals surface area contributed by atoms with Crippen molar-refractivity contribution >= 4 is 23.3 Å². The fourth-order valence-corrected chi connectivity index (χ4v) is 4.83. The Kier molecular flexibility index (Phi) is 2.89. The molecular weight excluding hydrogens is 266 g/mol. The first-order valence-corrected chi connectivity index (χ1v) is 8.15. The minimum absolute atomic E-state index is 0.0925. The van der Waals surface area contributed by atoms with Crippen LogP contribution in [0.4, 0.5) is 0 Å². The zero-order valence-corrected chi connectivity index (χ0v) is 11.9. The molecule has 0 unspecified atom stereocenters. The van der Waals surface area contributed by atoms with Crippen LogP contribution in [0.25, 0.3) is 0 Å². The van der Waals surface area contributed by atoms with Crippen molar-refractivity contribution in [3.63, 3.8) is 0 Å². The van der Waals surface area contributed by atoms with Gasteiger partial charge in [0, 0.05) is 32.1 Å². The fourth-order valence-electron chi connectivity index (χ4n) is 2.47. The largest absolute Gasteiger partial charge is 0.370 e. The molecule has 3 heterocycles. The second-order valence-electron chi connectivity index (χ2n) is 5.38. The molecule has 0 bridgehead atoms. The van der Waals surface area contributed by atoms with Gasteiger partial charge in [0.05, 0.1) is 22.0 Å². The van der Waals surface area contributed by atoms with E-state index in [0.717, 1.165) is 38.7 Å². The fraction of sp³-hybridized carbons (Fsp3) is 0.750. The lowest BCUT2D eigenvalue weighted by atomic mass is 9.96. The molecular formula is C12H17N3OS2. The average molecular weight is 283 g/mol. The van der Waals surface area contributed by atoms with Gasteiger partial charge in [0.15, 0.2) is 0 Å². The molecule has 4 nitrogen and oxygen atoms in total. The van der Waals surface area contributed by atoms with Gasteiger partial charge < -0.3 is 10.1 Å². The van der Waals surface area contributed by atoms with Crippen molar-refractivity contribution in [1.29, 1.82) is 0 Å². The summed E-state index contributed by atoms with van der Waals surface area (Å²) in [4.78, 5) is 4.54. The Hall–Kier alpha value is -0.140. The first kappa shape index (κ1) is 11.7. The number of morpholine rings is 1. The first-order valence-electron chi connectivity index (χ1n) is 6.56. The lowest BCUT2D eigenvalue weighted by Gasteiger charge is -2.48. The van der Waals surface area contributed by atoms with Crippen LogP contribution in [0.1, 0.15) is 23.8 Å². The van der Waals surface area contributed by atoms with Crippen molar-refractivity contribution in [3.05, 3.63) is 11.2 Å². The van der Waals surface area contributed by atoms with E-state index in [-0.39, 0.29) is 5.60 Å². The highest BCUT2D eigenvalue weighted by Gasteiger charge is 2.42. The van der Waals surface area contributed by atoms with Crippen molar-refractivity contribution in [3.8, 4) is 0 Å². The summed E-state index contributed by atoms with van der Waals surface area (Å²) in [6, 6.07) is 0. The zero-order chi connectivity index (χ0) is 12.0. The molecule has 1 spiro atoms. The van der Waals surface area contributed by atoms with Gasteiger partial charge >= 0.3 is 0 Å². The van der Waals surface area contributed by atoms with Gasteiger partial charge in [-0.2, -0.15) is 0 Å². The topological polar surface area (TPSA) is 37.4 Å². The molecule has 2 saturated heterocycles. The number of nitrogens with one attached hydrogen (secondary N) is 1. The van der Waals surface area contributed by atoms with Gasteiger partial charge in [0.1, 0.15) is 5.60 Å². The standard InChI is InChI=1S/C12H17N3OS2/c1-2-9(1)11-14-5-10(17-11)18-15-3-4-16-12(8-15)6-13-7-12/h5,9,13H,1-4,6-8H2. The summed E-state index contributed by atoms with van der Waals surface area (Å²) in [5.74, 6) is 0.774. The quantitative estimate of drug-likeness (QED) is 0.855. The highest BCUT2D eigenvalue weighted by molar-refractivity contribution is 7.98. The van der Waals surface area contributed by atoms with Crippen molar-refractivity contribution < 1.29 is 4.74 Å². The summed E-state index contributed by atoms with van der Waals surface area (Å²) < 4.78 is 9.67. The van der Waals surface area contributed by atoms with E-state index >= 15 is 0 Å². The molecule has 0 radical (unpaired) electrons. The van der Waals surface area contributed by atoms with Crippen LogP contribution in [0.15, 0.2) is 10.4 Å². The monoisotopic (exact) mass is 283 g/mol. The molecule has 6 heteroatoms. The van der Waals surface area contributed by atoms with Crippen molar-refractivity contribution in [2.75, 3.05) is 32.8 Å². The Morgan fingerprint density at radius 3 is 3.11 bits per heavy atom. The van der Waals surface area contributed by atoms with E-state index in [4.69, 9.17) is 4.74 Å². The summed E-state index contributed by atoms with van der Waals surface area (Å²) in [5, 5.41) is 4.65. The Morgan fingerprint density at radius 2 is 2.39 bits per heavy atom. The maximum Gasteiger partial charge on any atom is 0.107 e. The van der Waals surface area contributed by atoms with Crippen LogP contribution in [0.5, 0.6) is 0 Å². The lowest BCUT2D eigenvalue weighted by Crippen LogP contribution is -2.67. The van der Waals surface area contributed by atoms with Gasteiger partial charge in [-0.25, -0.2) is 9.29 Å². The summed E-state index contributed by atoms with van der Waals surface area (Å²) in [6.45, 7) is 4.90. The van der Waals surface area contributed by atoms with E-state index in [1.165, 1.54) is 22.1 Å². The lowest BCUT2D eigenvalue weighted by molar-refractivity contribution is -0.116. The number of thiazole rings is 1. The molecule has 1 saturated carbocycles. The average Bonchev–Trinajstić information content (AvgIpc) is 3.09. The van der Waals surface area contributed by atoms with Crippen LogP contribution < -0.4 is 5.32 Å². The third-order valence-corrected chi connectivity index (χ3v) is 6.04. The minimum Gasteiger partial charge on any atom is -0.370 e. The molecule has 1 aliphatic carbocycles. The summed E-state index contributed by atoms with van der Waals surface area (Å²) in [6.07, 6.45) is 4.72. The van der Waals surface area contributed by atoms with Crippen LogP contribution in [0, 0.1) is 0 Å². The van der Waals surface area contributed by atoms with Gasteiger partial charge in [-0.1, -0.05) is 0 Å². The number of hydrogen-bond donors (Lipinski definition) is 1. The van der Waals surface area contributed by atoms with E-state index in [1.807, 2.05) is 29.5 Å². The van der Waals surface area contributed by atoms with Gasteiger partial charge in [-0.05, 0) is 24.8 Å². The Bertz CT molecular complexity index is 442. The molecule has 3 fully saturated rings. The van der Waals surface area contributed by atoms with Crippen LogP contribution in [-0.4, -0.2) is 47.7 Å². The van der Waals surface area contributed by atoms with Crippen molar-refractivity contribution in [1.82, 2.24) is 14.6 Å². The molecule has 0 amide bonds. The van der Waals surface area contributed by atoms with E-state index in [2.05, 4.69) is 14.6 Å². The van der Waals surface area contributed by atoms with E-state index in [1.54, 1.807) is 0 Å². The molecule has 4 rings (SSSR count). The Morgan fingerprint density at radius 1 is 1.50 bits per heavy atom. The number of hydrogen-bond acceptors (Lipinski definition) is 6. The summed E-state index contributed by atoms with van der Waals surface area (Å²) >= 11 is 3.74. The third kappa shape index (κ3) is 2.20. The molecule has 1 aromatic rings. The van der Waals surface area contributed by atoms with Gasteiger partial charge in [0.25, 0.3) is 0 Å². The van der Waals surface area contributed by atoms with E-state index < -0.39 is 0 Å². The van der Waals surface area contributed by atoms with Crippen LogP contribution in [0.2, 0.25) is 0 Å². The van der Waals surface area contributed by atoms with Crippen molar-refractivity contribution in [2.45, 2.75) is 28.6 Å². The minimum atomic E-state index is 0.0925. The van der Waals surface area contributed by atoms with Crippen LogP contribution in [-0.2, 0) is 4.74 Å². The SMILES string of the molecule is c1nc(C2CC2)sc1SN1CCOC2(CNC2)C1. The number of aromatic nitrogens is 1. The highest BCUT2D eigenvalue weighted by Crippen LogP contribution is 2.44. The van der Waals surface area contributed by atoms with E-state index in [9.17, 15) is 0 Å². The molecule has 0 atom stereocenters. The molecule has 1 N–H and O–H groups in total. The smallest absolute Gasteiger partial charge is 0.107 e. The molecule has 1 aromatic heterocycles. The summed E-state index contributed by atoms with van der Waals surface area (Å²) in [7, 11) is 0. The number of rotatable bonds is 3. The molecule has 3 aliphatic rings. The Balaban J connectivity index is 1.40. The zero-order valence-electron chi connectivity index (χ0n) is 10.2. The summed E-state index contributed by atoms with van der Waals surface area (Å²) in [5.41, 5.74) is 0.0925. The van der Waals surface area contributed by atoms with Crippen molar-refractivity contribution in [2.24, 2.45) is 0 Å². The van der Waals surface area contributed by atoms with Crippen LogP contribution in [0.3, 0.4) is 0 Å². The van der Waals surface area contributed by atoms with Gasteiger partial charge in [-0.15, -0.1) is 11.3 Å². The molecule has 0 aromatic carbocycles. The number of nitrogens with zero attached hydrogens (tertiary/aromatic N) is 2. The Labute approximate surface area is 115 Å². The van der Waals surface area contributed by atoms with Gasteiger partial charge in [0.2, 0.25) is 0 Å². The predicted octanol–water partition coefficient (Wildman–Crippen LogP) is 1.70. The second kappa shape index (κ2) is 4.45. The maximum atomic E-state index is 5.89. The molecule has 2 aliphatic heterocycles. The first-order chi connectivity index (χ1) is 8.83. The second-order valence-corrected chi connectivity index (χ2v) is 7.84. The molecule has 18 heavy (non-hydrogen) atoms. The predicted molar refractivity (Wildman–Crippen MR) is 73.1 cm³/mol. The van der Waals surface area contributed by atoms with Crippen LogP contribution >= 0.6 is 23.3 Å². The normalized spacial score (nSPS) is 27.3. The maximum absolute atomic E-state index is 5.89.